The Balaban J connectivity index is 1.89. The zero-order valence-electron chi connectivity index (χ0n) is 7.42. The van der Waals surface area contributed by atoms with Crippen LogP contribution in [0.4, 0.5) is 0 Å². The minimum Gasteiger partial charge on any atom is -0.278 e. The van der Waals surface area contributed by atoms with E-state index in [0.29, 0.717) is 9.62 Å². The number of nitrogens with zero attached hydrogens (tertiary/aromatic N) is 1. The molecule has 0 spiro atoms. The van der Waals surface area contributed by atoms with Gasteiger partial charge in [0.2, 0.25) is 0 Å². The van der Waals surface area contributed by atoms with Crippen molar-refractivity contribution >= 4 is 11.8 Å². The first-order valence-corrected chi connectivity index (χ1v) is 5.44. The highest BCUT2D eigenvalue weighted by atomic mass is 32.2. The second-order valence-corrected chi connectivity index (χ2v) is 6.22. The van der Waals surface area contributed by atoms with E-state index >= 15 is 0 Å². The molecular weight excluding hydrogens is 154 g/mol. The lowest BCUT2D eigenvalue weighted by atomic mass is 10.3. The Kier molecular flexibility index (Phi) is 0.933. The van der Waals surface area contributed by atoms with E-state index < -0.39 is 0 Å². The highest BCUT2D eigenvalue weighted by molar-refractivity contribution is 8.03. The van der Waals surface area contributed by atoms with E-state index in [1.807, 2.05) is 0 Å². The molecule has 62 valence electrons. The van der Waals surface area contributed by atoms with Gasteiger partial charge in [-0.1, -0.05) is 6.92 Å². The van der Waals surface area contributed by atoms with E-state index in [1.165, 1.54) is 12.8 Å². The maximum Gasteiger partial charge on any atom is 0.0808 e. The Morgan fingerprint density at radius 3 is 2.82 bits per heavy atom. The topological polar surface area (TPSA) is 3.01 Å². The Morgan fingerprint density at radius 2 is 2.36 bits per heavy atom. The minimum atomic E-state index is 0.554. The van der Waals surface area contributed by atoms with E-state index in [0.717, 1.165) is 12.1 Å². The molecule has 0 radical (unpaired) electrons. The number of fused-ring (bicyclic) bond motifs is 3. The lowest BCUT2D eigenvalue weighted by Crippen LogP contribution is -2.12. The van der Waals surface area contributed by atoms with Crippen molar-refractivity contribution in [3.05, 3.63) is 0 Å². The Morgan fingerprint density at radius 1 is 1.64 bits per heavy atom. The predicted octanol–water partition coefficient (Wildman–Crippen LogP) is 2.07. The molecule has 0 bridgehead atoms. The van der Waals surface area contributed by atoms with Crippen molar-refractivity contribution < 1.29 is 0 Å². The summed E-state index contributed by atoms with van der Waals surface area (Å²) in [6.45, 7) is 7.11. The molecule has 0 aromatic carbocycles. The zero-order valence-corrected chi connectivity index (χ0v) is 8.24. The average Bonchev–Trinajstić information content (AvgIpc) is 2.75. The number of rotatable bonds is 1. The highest BCUT2D eigenvalue weighted by Gasteiger charge is 2.79. The molecule has 2 aliphatic heterocycles. The minimum absolute atomic E-state index is 0.554. The standard InChI is InChI=1S/C9H15NS/c1-4-9-5-7(9)10-6(2)8(10,3)11-9/h6-7H,4-5H2,1-3H3/t6?,7-,8?,9?,10?/m1/s1. The fourth-order valence-electron chi connectivity index (χ4n) is 2.87. The van der Waals surface area contributed by atoms with Crippen LogP contribution in [0.3, 0.4) is 0 Å². The monoisotopic (exact) mass is 169 g/mol. The van der Waals surface area contributed by atoms with Crippen LogP contribution in [0.2, 0.25) is 0 Å². The van der Waals surface area contributed by atoms with Gasteiger partial charge in [0.15, 0.2) is 0 Å². The smallest absolute Gasteiger partial charge is 0.0808 e. The molecule has 0 aromatic rings. The van der Waals surface area contributed by atoms with Gasteiger partial charge in [-0.25, -0.2) is 0 Å². The first-order valence-electron chi connectivity index (χ1n) is 4.63. The van der Waals surface area contributed by atoms with Crippen LogP contribution in [0.25, 0.3) is 0 Å². The van der Waals surface area contributed by atoms with Gasteiger partial charge in [0.1, 0.15) is 0 Å². The zero-order chi connectivity index (χ0) is 7.85. The molecule has 1 nitrogen and oxygen atoms in total. The van der Waals surface area contributed by atoms with Crippen LogP contribution in [-0.4, -0.2) is 26.6 Å². The number of hydrogen-bond acceptors (Lipinski definition) is 2. The quantitative estimate of drug-likeness (QED) is 0.553. The van der Waals surface area contributed by atoms with Crippen LogP contribution in [0.15, 0.2) is 0 Å². The van der Waals surface area contributed by atoms with Crippen LogP contribution in [0, 0.1) is 0 Å². The van der Waals surface area contributed by atoms with Gasteiger partial charge in [-0.05, 0) is 26.7 Å². The van der Waals surface area contributed by atoms with Crippen LogP contribution < -0.4 is 0 Å². The third-order valence-electron chi connectivity index (χ3n) is 3.97. The van der Waals surface area contributed by atoms with Crippen LogP contribution in [-0.2, 0) is 0 Å². The lowest BCUT2D eigenvalue weighted by molar-refractivity contribution is 0.469. The van der Waals surface area contributed by atoms with Gasteiger partial charge >= 0.3 is 0 Å². The van der Waals surface area contributed by atoms with Gasteiger partial charge in [-0.2, -0.15) is 0 Å². The van der Waals surface area contributed by atoms with Crippen LogP contribution >= 0.6 is 11.8 Å². The first kappa shape index (κ1) is 6.79. The summed E-state index contributed by atoms with van der Waals surface area (Å²) < 4.78 is 0.710. The maximum atomic E-state index is 2.71. The van der Waals surface area contributed by atoms with Gasteiger partial charge < -0.3 is 0 Å². The van der Waals surface area contributed by atoms with Crippen molar-refractivity contribution in [2.75, 3.05) is 0 Å². The summed E-state index contributed by atoms with van der Waals surface area (Å²) in [5.74, 6) is 0. The van der Waals surface area contributed by atoms with Crippen molar-refractivity contribution in [1.82, 2.24) is 4.90 Å². The van der Waals surface area contributed by atoms with Crippen LogP contribution in [0.1, 0.15) is 33.6 Å². The molecule has 3 aliphatic rings. The normalized spacial score (nSPS) is 70.6. The van der Waals surface area contributed by atoms with E-state index in [9.17, 15) is 0 Å². The predicted molar refractivity (Wildman–Crippen MR) is 48.7 cm³/mol. The summed E-state index contributed by atoms with van der Waals surface area (Å²) in [5, 5.41) is 0. The fourth-order valence-corrected chi connectivity index (χ4v) is 4.95. The molecule has 0 aromatic heterocycles. The molecular formula is C9H15NS. The Bertz CT molecular complexity index is 230. The van der Waals surface area contributed by atoms with E-state index in [-0.39, 0.29) is 0 Å². The first-order chi connectivity index (χ1) is 5.14. The van der Waals surface area contributed by atoms with Crippen molar-refractivity contribution in [2.24, 2.45) is 0 Å². The summed E-state index contributed by atoms with van der Waals surface area (Å²) in [4.78, 5) is 3.26. The third-order valence-corrected chi connectivity index (χ3v) is 6.07. The molecule has 2 heteroatoms. The van der Waals surface area contributed by atoms with Gasteiger partial charge in [0, 0.05) is 16.8 Å². The molecule has 11 heavy (non-hydrogen) atoms. The summed E-state index contributed by atoms with van der Waals surface area (Å²) in [5.41, 5.74) is 0. The van der Waals surface area contributed by atoms with Gasteiger partial charge in [-0.3, -0.25) is 4.90 Å². The van der Waals surface area contributed by atoms with E-state index in [1.54, 1.807) is 0 Å². The second kappa shape index (κ2) is 1.51. The largest absolute Gasteiger partial charge is 0.278 e. The molecule has 4 unspecified atom stereocenters. The maximum absolute atomic E-state index is 2.71. The SMILES string of the molecule is CCC12C[C@H]1N1C(C)C1(C)S2. The molecule has 2 heterocycles. The molecule has 3 fully saturated rings. The fraction of sp³-hybridized carbons (Fsp3) is 1.00. The lowest BCUT2D eigenvalue weighted by Gasteiger charge is -2.12. The van der Waals surface area contributed by atoms with Crippen molar-refractivity contribution in [3.8, 4) is 0 Å². The average molecular weight is 169 g/mol. The number of hydrogen-bond donors (Lipinski definition) is 0. The summed E-state index contributed by atoms with van der Waals surface area (Å²) >= 11 is 2.25. The molecule has 3 rings (SSSR count). The molecule has 0 amide bonds. The molecule has 5 atom stereocenters. The molecule has 2 saturated heterocycles. The van der Waals surface area contributed by atoms with E-state index in [2.05, 4.69) is 37.4 Å². The Labute approximate surface area is 72.5 Å². The van der Waals surface area contributed by atoms with Crippen molar-refractivity contribution in [3.63, 3.8) is 0 Å². The van der Waals surface area contributed by atoms with Crippen molar-refractivity contribution in [2.45, 2.75) is 55.3 Å². The summed E-state index contributed by atoms with van der Waals surface area (Å²) in [7, 11) is 0. The Hall–Kier alpha value is 0.310. The van der Waals surface area contributed by atoms with Crippen molar-refractivity contribution in [1.29, 1.82) is 0 Å². The molecule has 0 N–H and O–H groups in total. The second-order valence-electron chi connectivity index (χ2n) is 4.38. The third kappa shape index (κ3) is 0.540. The number of thioether (sulfide) groups is 1. The molecule has 1 aliphatic carbocycles. The van der Waals surface area contributed by atoms with Gasteiger partial charge in [-0.15, -0.1) is 11.8 Å². The highest BCUT2D eigenvalue weighted by Crippen LogP contribution is 2.75. The summed E-state index contributed by atoms with van der Waals surface area (Å²) in [6, 6.07) is 1.82. The molecule has 1 saturated carbocycles. The van der Waals surface area contributed by atoms with Gasteiger partial charge in [0.25, 0.3) is 0 Å². The van der Waals surface area contributed by atoms with Gasteiger partial charge in [0.05, 0.1) is 4.87 Å². The van der Waals surface area contributed by atoms with E-state index in [4.69, 9.17) is 0 Å². The van der Waals surface area contributed by atoms with Crippen LogP contribution in [0.5, 0.6) is 0 Å². The summed E-state index contributed by atoms with van der Waals surface area (Å²) in [6.07, 6.45) is 2.84.